The summed E-state index contributed by atoms with van der Waals surface area (Å²) in [5, 5.41) is 0. The first-order chi connectivity index (χ1) is 12.7. The van der Waals surface area contributed by atoms with Crippen molar-refractivity contribution in [3.05, 3.63) is 59.9 Å². The number of nitrogens with one attached hydrogen (secondary N) is 2. The molecule has 2 fully saturated rings. The van der Waals surface area contributed by atoms with Crippen molar-refractivity contribution in [2.75, 3.05) is 13.1 Å². The number of hydrazine groups is 1. The minimum absolute atomic E-state index is 0.0800. The van der Waals surface area contributed by atoms with Gasteiger partial charge in [-0.2, -0.15) is 0 Å². The molecule has 136 valence electrons. The molecule has 2 aromatic rings. The molecule has 4 rings (SSSR count). The van der Waals surface area contributed by atoms with Crippen LogP contribution in [0.3, 0.4) is 0 Å². The molecule has 2 N–H and O–H groups in total. The van der Waals surface area contributed by atoms with Crippen LogP contribution in [0.1, 0.15) is 30.5 Å². The fourth-order valence-electron chi connectivity index (χ4n) is 3.48. The minimum atomic E-state index is -0.197. The summed E-state index contributed by atoms with van der Waals surface area (Å²) in [4.78, 5) is 18.6. The number of carbonyl (C=O) groups excluding carboxylic acids is 1. The molecule has 3 heterocycles. The van der Waals surface area contributed by atoms with Crippen LogP contribution < -0.4 is 15.6 Å². The number of benzene rings is 1. The lowest BCUT2D eigenvalue weighted by Crippen LogP contribution is -2.60. The van der Waals surface area contributed by atoms with Gasteiger partial charge in [-0.25, -0.2) is 10.9 Å². The summed E-state index contributed by atoms with van der Waals surface area (Å²) in [6, 6.07) is 12.1. The van der Waals surface area contributed by atoms with Crippen LogP contribution in [0.5, 0.6) is 5.75 Å². The minimum Gasteiger partial charge on any atom is -0.487 e. The van der Waals surface area contributed by atoms with E-state index in [2.05, 4.69) is 34.9 Å². The molecular formula is C20H24N4O2. The van der Waals surface area contributed by atoms with E-state index in [1.807, 2.05) is 29.2 Å². The Bertz CT molecular complexity index is 761. The molecule has 0 aliphatic carbocycles. The first kappa shape index (κ1) is 17.0. The van der Waals surface area contributed by atoms with E-state index in [0.717, 1.165) is 24.2 Å². The van der Waals surface area contributed by atoms with E-state index in [9.17, 15) is 4.79 Å². The Morgan fingerprint density at radius 2 is 2.04 bits per heavy atom. The van der Waals surface area contributed by atoms with E-state index in [1.165, 1.54) is 5.56 Å². The Morgan fingerprint density at radius 1 is 1.23 bits per heavy atom. The number of rotatable bonds is 5. The Hall–Kier alpha value is -2.44. The van der Waals surface area contributed by atoms with Crippen molar-refractivity contribution in [1.82, 2.24) is 20.7 Å². The Labute approximate surface area is 153 Å². The van der Waals surface area contributed by atoms with Gasteiger partial charge in [0.1, 0.15) is 17.9 Å². The summed E-state index contributed by atoms with van der Waals surface area (Å²) in [5.74, 6) is 1.02. The fourth-order valence-corrected chi connectivity index (χ4v) is 3.48. The largest absolute Gasteiger partial charge is 0.487 e. The number of ether oxygens (including phenoxy) is 1. The molecule has 0 bridgehead atoms. The van der Waals surface area contributed by atoms with Crippen LogP contribution in [-0.4, -0.2) is 41.0 Å². The molecule has 6 heteroatoms. The number of aryl methyl sites for hydroxylation is 1. The van der Waals surface area contributed by atoms with Crippen molar-refractivity contribution in [2.24, 2.45) is 0 Å². The highest BCUT2D eigenvalue weighted by molar-refractivity contribution is 5.83. The van der Waals surface area contributed by atoms with Gasteiger partial charge in [0, 0.05) is 18.4 Å². The van der Waals surface area contributed by atoms with Gasteiger partial charge in [-0.05, 0) is 48.2 Å². The molecule has 1 aromatic carbocycles. The molecule has 2 unspecified atom stereocenters. The molecule has 1 aromatic heterocycles. The number of likely N-dealkylation sites (tertiary alicyclic amines) is 1. The van der Waals surface area contributed by atoms with Crippen LogP contribution in [0.4, 0.5) is 0 Å². The smallest absolute Gasteiger partial charge is 0.241 e. The van der Waals surface area contributed by atoms with Crippen LogP contribution in [0, 0.1) is 0 Å². The third-order valence-electron chi connectivity index (χ3n) is 5.08. The first-order valence-electron chi connectivity index (χ1n) is 9.18. The average Bonchev–Trinajstić information content (AvgIpc) is 3.15. The second kappa shape index (κ2) is 7.43. The van der Waals surface area contributed by atoms with E-state index in [4.69, 9.17) is 4.74 Å². The number of hydrogen-bond donors (Lipinski definition) is 2. The molecule has 1 amide bonds. The second-order valence-electron chi connectivity index (χ2n) is 6.89. The van der Waals surface area contributed by atoms with Gasteiger partial charge in [-0.3, -0.25) is 9.78 Å². The average molecular weight is 352 g/mol. The van der Waals surface area contributed by atoms with E-state index in [-0.39, 0.29) is 24.1 Å². The maximum Gasteiger partial charge on any atom is 0.241 e. The number of pyridine rings is 1. The van der Waals surface area contributed by atoms with Gasteiger partial charge in [0.25, 0.3) is 0 Å². The molecule has 0 saturated carbocycles. The Morgan fingerprint density at radius 3 is 2.81 bits per heavy atom. The summed E-state index contributed by atoms with van der Waals surface area (Å²) in [7, 11) is 0. The van der Waals surface area contributed by atoms with E-state index in [0.29, 0.717) is 13.1 Å². The summed E-state index contributed by atoms with van der Waals surface area (Å²) in [6.07, 6.45) is 5.36. The zero-order chi connectivity index (χ0) is 17.9. The van der Waals surface area contributed by atoms with Gasteiger partial charge in [-0.15, -0.1) is 0 Å². The number of nitrogens with zero attached hydrogens (tertiary/aromatic N) is 2. The van der Waals surface area contributed by atoms with Crippen molar-refractivity contribution < 1.29 is 9.53 Å². The normalized spacial score (nSPS) is 22.9. The van der Waals surface area contributed by atoms with Gasteiger partial charge >= 0.3 is 0 Å². The van der Waals surface area contributed by atoms with Gasteiger partial charge in [0.2, 0.25) is 5.91 Å². The molecule has 6 nitrogen and oxygen atoms in total. The second-order valence-corrected chi connectivity index (χ2v) is 6.89. The van der Waals surface area contributed by atoms with Crippen LogP contribution >= 0.6 is 0 Å². The highest BCUT2D eigenvalue weighted by atomic mass is 16.5. The Balaban J connectivity index is 1.27. The third kappa shape index (κ3) is 3.57. The predicted octanol–water partition coefficient (Wildman–Crippen LogP) is 1.84. The van der Waals surface area contributed by atoms with Crippen LogP contribution in [0.15, 0.2) is 48.8 Å². The number of hydrogen-bond acceptors (Lipinski definition) is 5. The number of carbonyl (C=O) groups is 1. The van der Waals surface area contributed by atoms with Crippen LogP contribution in [0.25, 0.3) is 0 Å². The van der Waals surface area contributed by atoms with Crippen LogP contribution in [0.2, 0.25) is 0 Å². The molecule has 0 radical (unpaired) electrons. The van der Waals surface area contributed by atoms with E-state index < -0.39 is 0 Å². The lowest BCUT2D eigenvalue weighted by atomic mass is 10.0. The quantitative estimate of drug-likeness (QED) is 0.860. The van der Waals surface area contributed by atoms with Gasteiger partial charge in [-0.1, -0.05) is 19.1 Å². The highest BCUT2D eigenvalue weighted by Crippen LogP contribution is 2.25. The van der Waals surface area contributed by atoms with Crippen molar-refractivity contribution in [1.29, 1.82) is 0 Å². The van der Waals surface area contributed by atoms with Crippen molar-refractivity contribution >= 4 is 5.91 Å². The number of aromatic nitrogens is 1. The summed E-state index contributed by atoms with van der Waals surface area (Å²) < 4.78 is 5.99. The van der Waals surface area contributed by atoms with Crippen molar-refractivity contribution in [2.45, 2.75) is 38.0 Å². The molecule has 26 heavy (non-hydrogen) atoms. The first-order valence-corrected chi connectivity index (χ1v) is 9.18. The van der Waals surface area contributed by atoms with Crippen molar-refractivity contribution in [3.8, 4) is 5.75 Å². The molecular weight excluding hydrogens is 328 g/mol. The summed E-state index contributed by atoms with van der Waals surface area (Å²) in [6.45, 7) is 3.42. The van der Waals surface area contributed by atoms with E-state index in [1.54, 1.807) is 12.4 Å². The lowest BCUT2D eigenvalue weighted by molar-refractivity contribution is -0.142. The summed E-state index contributed by atoms with van der Waals surface area (Å²) >= 11 is 0. The van der Waals surface area contributed by atoms with Crippen LogP contribution in [-0.2, 0) is 11.2 Å². The summed E-state index contributed by atoms with van der Waals surface area (Å²) in [5.41, 5.74) is 8.75. The molecule has 2 aliphatic heterocycles. The van der Waals surface area contributed by atoms with Gasteiger partial charge in [0.05, 0.1) is 13.1 Å². The zero-order valence-corrected chi connectivity index (χ0v) is 14.9. The number of amides is 1. The predicted molar refractivity (Wildman–Crippen MR) is 98.5 cm³/mol. The fraction of sp³-hybridized carbons (Fsp3) is 0.400. The van der Waals surface area contributed by atoms with Gasteiger partial charge < -0.3 is 9.64 Å². The molecule has 2 aliphatic rings. The lowest BCUT2D eigenvalue weighted by Gasteiger charge is -2.40. The standard InChI is InChI=1S/C20H24N4O2/c1-2-14-4-3-5-16(10-14)26-17-12-24(13-17)20(25)19-11-18(22-23-19)15-6-8-21-9-7-15/h3-10,17-19,22-23H,2,11-13H2,1H3. The maximum absolute atomic E-state index is 12.7. The molecule has 0 spiro atoms. The maximum atomic E-state index is 12.7. The van der Waals surface area contributed by atoms with Gasteiger partial charge in [0.15, 0.2) is 0 Å². The molecule has 2 atom stereocenters. The monoisotopic (exact) mass is 352 g/mol. The SMILES string of the molecule is CCc1cccc(OC2CN(C(=O)C3CC(c4ccncc4)NN3)C2)c1. The highest BCUT2D eigenvalue weighted by Gasteiger charge is 2.39. The van der Waals surface area contributed by atoms with E-state index >= 15 is 0 Å². The Kier molecular flexibility index (Phi) is 4.86. The molecule has 2 saturated heterocycles. The van der Waals surface area contributed by atoms with Crippen molar-refractivity contribution in [3.63, 3.8) is 0 Å². The topological polar surface area (TPSA) is 66.5 Å². The zero-order valence-electron chi connectivity index (χ0n) is 14.9. The third-order valence-corrected chi connectivity index (χ3v) is 5.08.